The number of ether oxygens (including phenoxy) is 1. The predicted octanol–water partition coefficient (Wildman–Crippen LogP) is 4.73. The number of aromatic nitrogens is 1. The molecule has 0 radical (unpaired) electrons. The van der Waals surface area contributed by atoms with Gasteiger partial charge in [0, 0.05) is 22.9 Å². The highest BCUT2D eigenvalue weighted by atomic mass is 16.5. The molecule has 0 N–H and O–H groups in total. The zero-order valence-corrected chi connectivity index (χ0v) is 12.2. The van der Waals surface area contributed by atoms with E-state index >= 15 is 0 Å². The first-order valence-electron chi connectivity index (χ1n) is 6.95. The van der Waals surface area contributed by atoms with Gasteiger partial charge in [0.05, 0.1) is 12.8 Å². The van der Waals surface area contributed by atoms with E-state index in [0.717, 1.165) is 28.1 Å². The lowest BCUT2D eigenvalue weighted by Crippen LogP contribution is -1.92. The second-order valence-electron chi connectivity index (χ2n) is 4.97. The third-order valence-electron chi connectivity index (χ3n) is 3.53. The lowest BCUT2D eigenvalue weighted by molar-refractivity contribution is 0.416. The number of benzene rings is 2. The van der Waals surface area contributed by atoms with Crippen molar-refractivity contribution in [1.29, 1.82) is 0 Å². The molecule has 104 valence electrons. The molecule has 0 bridgehead atoms. The molecule has 0 aliphatic carbocycles. The van der Waals surface area contributed by atoms with E-state index in [1.807, 2.05) is 30.5 Å². The van der Waals surface area contributed by atoms with Crippen molar-refractivity contribution in [2.24, 2.45) is 0 Å². The third kappa shape index (κ3) is 2.65. The van der Waals surface area contributed by atoms with Gasteiger partial charge in [-0.3, -0.25) is 4.98 Å². The zero-order valence-electron chi connectivity index (χ0n) is 12.2. The van der Waals surface area contributed by atoms with Gasteiger partial charge in [0.2, 0.25) is 0 Å². The van der Waals surface area contributed by atoms with E-state index in [2.05, 4.69) is 48.3 Å². The van der Waals surface area contributed by atoms with Crippen LogP contribution in [0.25, 0.3) is 22.4 Å². The summed E-state index contributed by atoms with van der Waals surface area (Å²) < 4.78 is 5.48. The van der Waals surface area contributed by atoms with E-state index in [1.165, 1.54) is 5.56 Å². The average molecular weight is 275 g/mol. The molecule has 0 aliphatic rings. The van der Waals surface area contributed by atoms with Crippen LogP contribution in [0.3, 0.4) is 0 Å². The van der Waals surface area contributed by atoms with Gasteiger partial charge < -0.3 is 4.74 Å². The molecule has 0 spiro atoms. The van der Waals surface area contributed by atoms with Gasteiger partial charge >= 0.3 is 0 Å². The van der Waals surface area contributed by atoms with E-state index in [9.17, 15) is 0 Å². The van der Waals surface area contributed by atoms with Gasteiger partial charge in [0.25, 0.3) is 0 Å². The van der Waals surface area contributed by atoms with Crippen molar-refractivity contribution in [3.8, 4) is 28.1 Å². The molecule has 21 heavy (non-hydrogen) atoms. The molecule has 2 aromatic carbocycles. The van der Waals surface area contributed by atoms with E-state index < -0.39 is 0 Å². The summed E-state index contributed by atoms with van der Waals surface area (Å²) in [7, 11) is 1.70. The van der Waals surface area contributed by atoms with Crippen molar-refractivity contribution in [1.82, 2.24) is 4.98 Å². The molecule has 1 aromatic heterocycles. The van der Waals surface area contributed by atoms with E-state index in [-0.39, 0.29) is 0 Å². The Bertz CT molecular complexity index is 748. The van der Waals surface area contributed by atoms with Crippen LogP contribution >= 0.6 is 0 Å². The van der Waals surface area contributed by atoms with Gasteiger partial charge in [-0.25, -0.2) is 0 Å². The van der Waals surface area contributed by atoms with Crippen molar-refractivity contribution in [2.45, 2.75) is 6.92 Å². The van der Waals surface area contributed by atoms with Gasteiger partial charge in [0.1, 0.15) is 5.75 Å². The number of methoxy groups -OCH3 is 1. The van der Waals surface area contributed by atoms with Gasteiger partial charge in [-0.05, 0) is 19.1 Å². The number of hydrogen-bond donors (Lipinski definition) is 0. The van der Waals surface area contributed by atoms with Crippen LogP contribution in [-0.2, 0) is 0 Å². The van der Waals surface area contributed by atoms with E-state index in [1.54, 1.807) is 7.11 Å². The number of nitrogens with zero attached hydrogens (tertiary/aromatic N) is 1. The maximum Gasteiger partial charge on any atom is 0.126 e. The molecule has 0 atom stereocenters. The lowest BCUT2D eigenvalue weighted by atomic mass is 9.98. The fourth-order valence-corrected chi connectivity index (χ4v) is 2.43. The van der Waals surface area contributed by atoms with Gasteiger partial charge in [0.15, 0.2) is 0 Å². The topological polar surface area (TPSA) is 22.1 Å². The summed E-state index contributed by atoms with van der Waals surface area (Å²) in [6.07, 6.45) is 1.83. The van der Waals surface area contributed by atoms with Crippen LogP contribution < -0.4 is 4.74 Å². The molecule has 0 fully saturated rings. The number of pyridine rings is 1. The van der Waals surface area contributed by atoms with Crippen molar-refractivity contribution >= 4 is 0 Å². The minimum absolute atomic E-state index is 0.860. The Hall–Kier alpha value is -2.61. The summed E-state index contributed by atoms with van der Waals surface area (Å²) in [4.78, 5) is 4.57. The zero-order chi connectivity index (χ0) is 14.7. The maximum absolute atomic E-state index is 5.48. The third-order valence-corrected chi connectivity index (χ3v) is 3.53. The van der Waals surface area contributed by atoms with Crippen molar-refractivity contribution in [3.05, 3.63) is 72.4 Å². The molecule has 0 saturated heterocycles. The molecule has 2 heteroatoms. The van der Waals surface area contributed by atoms with Crippen molar-refractivity contribution in [2.75, 3.05) is 7.11 Å². The normalized spacial score (nSPS) is 10.4. The molecule has 0 unspecified atom stereocenters. The van der Waals surface area contributed by atoms with E-state index in [0.29, 0.717) is 0 Å². The summed E-state index contributed by atoms with van der Waals surface area (Å²) in [6.45, 7) is 2.09. The van der Waals surface area contributed by atoms with Crippen molar-refractivity contribution in [3.63, 3.8) is 0 Å². The van der Waals surface area contributed by atoms with Crippen LogP contribution in [-0.4, -0.2) is 12.1 Å². The van der Waals surface area contributed by atoms with E-state index in [4.69, 9.17) is 4.74 Å². The second-order valence-corrected chi connectivity index (χ2v) is 4.97. The summed E-state index contributed by atoms with van der Waals surface area (Å²) in [5.74, 6) is 0.860. The van der Waals surface area contributed by atoms with Crippen LogP contribution in [0.4, 0.5) is 0 Å². The Labute approximate surface area is 125 Å². The first-order chi connectivity index (χ1) is 10.3. The number of para-hydroxylation sites is 1. The minimum Gasteiger partial charge on any atom is -0.496 e. The molecule has 0 saturated carbocycles. The van der Waals surface area contributed by atoms with Gasteiger partial charge in [-0.1, -0.05) is 54.1 Å². The molecule has 0 aliphatic heterocycles. The molecule has 3 rings (SSSR count). The Morgan fingerprint density at radius 1 is 0.810 bits per heavy atom. The molecular formula is C19H17NO. The van der Waals surface area contributed by atoms with Crippen LogP contribution in [0, 0.1) is 6.92 Å². The quantitative estimate of drug-likeness (QED) is 0.689. The largest absolute Gasteiger partial charge is 0.496 e. The summed E-state index contributed by atoms with van der Waals surface area (Å²) in [5, 5.41) is 0. The first-order valence-corrected chi connectivity index (χ1v) is 6.95. The SMILES string of the molecule is COc1ccccc1-c1cccnc1-c1ccc(C)cc1. The minimum atomic E-state index is 0.860. The van der Waals surface area contributed by atoms with Crippen LogP contribution in [0.15, 0.2) is 66.9 Å². The Kier molecular flexibility index (Phi) is 3.69. The summed E-state index contributed by atoms with van der Waals surface area (Å²) in [6, 6.07) is 20.5. The monoisotopic (exact) mass is 275 g/mol. The molecule has 0 amide bonds. The first kappa shape index (κ1) is 13.4. The molecule has 2 nitrogen and oxygen atoms in total. The molecule has 3 aromatic rings. The Balaban J connectivity index is 2.18. The highest BCUT2D eigenvalue weighted by Gasteiger charge is 2.11. The van der Waals surface area contributed by atoms with Crippen LogP contribution in [0.2, 0.25) is 0 Å². The summed E-state index contributed by atoms with van der Waals surface area (Å²) in [5.41, 5.74) is 5.47. The van der Waals surface area contributed by atoms with Crippen LogP contribution in [0.5, 0.6) is 5.75 Å². The standard InChI is InChI=1S/C19H17NO/c1-14-9-11-15(12-10-14)19-17(7-5-13-20-19)16-6-3-4-8-18(16)21-2/h3-13H,1-2H3. The molecular weight excluding hydrogens is 258 g/mol. The fraction of sp³-hybridized carbons (Fsp3) is 0.105. The van der Waals surface area contributed by atoms with Crippen LogP contribution in [0.1, 0.15) is 5.56 Å². The highest BCUT2D eigenvalue weighted by Crippen LogP contribution is 2.35. The number of aryl methyl sites for hydroxylation is 1. The summed E-state index contributed by atoms with van der Waals surface area (Å²) >= 11 is 0. The average Bonchev–Trinajstić information content (AvgIpc) is 2.55. The Morgan fingerprint density at radius 3 is 2.29 bits per heavy atom. The molecule has 1 heterocycles. The smallest absolute Gasteiger partial charge is 0.126 e. The van der Waals surface area contributed by atoms with Gasteiger partial charge in [-0.15, -0.1) is 0 Å². The highest BCUT2D eigenvalue weighted by molar-refractivity contribution is 5.83. The Morgan fingerprint density at radius 2 is 1.52 bits per heavy atom. The maximum atomic E-state index is 5.48. The number of hydrogen-bond acceptors (Lipinski definition) is 2. The second kappa shape index (κ2) is 5.80. The van der Waals surface area contributed by atoms with Crippen molar-refractivity contribution < 1.29 is 4.74 Å². The number of rotatable bonds is 3. The lowest BCUT2D eigenvalue weighted by Gasteiger charge is -2.12. The predicted molar refractivity (Wildman–Crippen MR) is 86.4 cm³/mol. The van der Waals surface area contributed by atoms with Gasteiger partial charge in [-0.2, -0.15) is 0 Å². The fourth-order valence-electron chi connectivity index (χ4n) is 2.43.